The Morgan fingerprint density at radius 3 is 2.69 bits per heavy atom. The summed E-state index contributed by atoms with van der Waals surface area (Å²) in [6.07, 6.45) is 2.08. The number of nitrogens with two attached hydrogens (primary N) is 1. The highest BCUT2D eigenvalue weighted by Gasteiger charge is 2.19. The Balaban J connectivity index is 2.58. The Morgan fingerprint density at radius 1 is 1.31 bits per heavy atom. The second-order valence-electron chi connectivity index (χ2n) is 4.63. The molecule has 0 saturated carbocycles. The van der Waals surface area contributed by atoms with Crippen LogP contribution in [0.15, 0.2) is 30.5 Å². The summed E-state index contributed by atoms with van der Waals surface area (Å²) >= 11 is 0. The monoisotopic (exact) mass is 218 g/mol. The van der Waals surface area contributed by atoms with Gasteiger partial charge in [0.15, 0.2) is 0 Å². The van der Waals surface area contributed by atoms with Gasteiger partial charge >= 0.3 is 0 Å². The molecule has 0 aliphatic carbocycles. The molecule has 0 aliphatic heterocycles. The van der Waals surface area contributed by atoms with Gasteiger partial charge in [0.1, 0.15) is 5.75 Å². The van der Waals surface area contributed by atoms with Crippen molar-refractivity contribution >= 4 is 10.9 Å². The fraction of sp³-hybridized carbons (Fsp3) is 0.385. The second kappa shape index (κ2) is 3.83. The summed E-state index contributed by atoms with van der Waals surface area (Å²) in [6.45, 7) is 4.89. The lowest BCUT2D eigenvalue weighted by Crippen LogP contribution is -2.34. The lowest BCUT2D eigenvalue weighted by Gasteiger charge is -2.26. The van der Waals surface area contributed by atoms with E-state index in [1.807, 2.05) is 12.1 Å². The summed E-state index contributed by atoms with van der Waals surface area (Å²) in [5.74, 6) is 0.885. The van der Waals surface area contributed by atoms with Gasteiger partial charge in [-0.25, -0.2) is 0 Å². The highest BCUT2D eigenvalue weighted by Crippen LogP contribution is 2.26. The first-order chi connectivity index (χ1) is 7.58. The van der Waals surface area contributed by atoms with Crippen molar-refractivity contribution in [2.45, 2.75) is 19.4 Å². The van der Waals surface area contributed by atoms with Crippen LogP contribution in [0.5, 0.6) is 5.75 Å². The van der Waals surface area contributed by atoms with Crippen LogP contribution in [-0.2, 0) is 5.54 Å². The molecule has 1 aromatic carbocycles. The number of benzene rings is 1. The van der Waals surface area contributed by atoms with E-state index in [0.717, 1.165) is 5.75 Å². The first kappa shape index (κ1) is 11.0. The Labute approximate surface area is 95.8 Å². The number of aromatic nitrogens is 1. The maximum Gasteiger partial charge on any atom is 0.119 e. The predicted molar refractivity (Wildman–Crippen MR) is 66.9 cm³/mol. The molecule has 1 aromatic heterocycles. The third-order valence-electron chi connectivity index (χ3n) is 3.05. The van der Waals surface area contributed by atoms with Crippen LogP contribution in [0.25, 0.3) is 10.9 Å². The van der Waals surface area contributed by atoms with Gasteiger partial charge < -0.3 is 15.0 Å². The molecule has 0 amide bonds. The molecule has 86 valence electrons. The van der Waals surface area contributed by atoms with Crippen molar-refractivity contribution in [2.75, 3.05) is 13.7 Å². The zero-order valence-electron chi connectivity index (χ0n) is 10.0. The molecule has 0 unspecified atom stereocenters. The second-order valence-corrected chi connectivity index (χ2v) is 4.63. The smallest absolute Gasteiger partial charge is 0.119 e. The fourth-order valence-electron chi connectivity index (χ4n) is 1.87. The molecule has 0 aliphatic rings. The van der Waals surface area contributed by atoms with Gasteiger partial charge in [0, 0.05) is 23.6 Å². The van der Waals surface area contributed by atoms with Gasteiger partial charge in [0.05, 0.1) is 12.6 Å². The van der Waals surface area contributed by atoms with Crippen molar-refractivity contribution in [2.24, 2.45) is 5.73 Å². The number of hydrogen-bond acceptors (Lipinski definition) is 2. The summed E-state index contributed by atoms with van der Waals surface area (Å²) in [5.41, 5.74) is 6.93. The normalized spacial score (nSPS) is 12.0. The molecule has 2 N–H and O–H groups in total. The Morgan fingerprint density at radius 2 is 2.06 bits per heavy atom. The molecule has 0 fully saturated rings. The molecule has 0 atom stereocenters. The number of ether oxygens (including phenoxy) is 1. The van der Waals surface area contributed by atoms with Crippen LogP contribution in [0, 0.1) is 0 Å². The Bertz CT molecular complexity index is 500. The fourth-order valence-corrected chi connectivity index (χ4v) is 1.87. The van der Waals surface area contributed by atoms with E-state index < -0.39 is 0 Å². The highest BCUT2D eigenvalue weighted by molar-refractivity contribution is 5.82. The third-order valence-corrected chi connectivity index (χ3v) is 3.05. The molecule has 0 radical (unpaired) electrons. The Kier molecular flexibility index (Phi) is 2.64. The van der Waals surface area contributed by atoms with Crippen molar-refractivity contribution in [3.05, 3.63) is 30.5 Å². The van der Waals surface area contributed by atoms with Crippen LogP contribution in [0.1, 0.15) is 13.8 Å². The van der Waals surface area contributed by atoms with Crippen molar-refractivity contribution in [3.63, 3.8) is 0 Å². The molecule has 3 heteroatoms. The average molecular weight is 218 g/mol. The molecular weight excluding hydrogens is 200 g/mol. The van der Waals surface area contributed by atoms with Crippen molar-refractivity contribution in [3.8, 4) is 5.75 Å². The van der Waals surface area contributed by atoms with Gasteiger partial charge in [-0.2, -0.15) is 0 Å². The lowest BCUT2D eigenvalue weighted by molar-refractivity contribution is 0.379. The van der Waals surface area contributed by atoms with Gasteiger partial charge in [0.25, 0.3) is 0 Å². The predicted octanol–water partition coefficient (Wildman–Crippen LogP) is 2.34. The number of nitrogens with zero attached hydrogens (tertiary/aromatic N) is 1. The molecule has 0 bridgehead atoms. The van der Waals surface area contributed by atoms with E-state index in [1.54, 1.807) is 7.11 Å². The summed E-state index contributed by atoms with van der Waals surface area (Å²) in [7, 11) is 1.68. The lowest BCUT2D eigenvalue weighted by atomic mass is 10.1. The van der Waals surface area contributed by atoms with Crippen molar-refractivity contribution in [1.29, 1.82) is 0 Å². The van der Waals surface area contributed by atoms with Gasteiger partial charge in [-0.15, -0.1) is 0 Å². The van der Waals surface area contributed by atoms with Crippen LogP contribution < -0.4 is 10.5 Å². The van der Waals surface area contributed by atoms with Crippen molar-refractivity contribution in [1.82, 2.24) is 4.57 Å². The minimum Gasteiger partial charge on any atom is -0.497 e. The van der Waals surface area contributed by atoms with E-state index in [2.05, 4.69) is 36.7 Å². The zero-order valence-corrected chi connectivity index (χ0v) is 10.0. The van der Waals surface area contributed by atoms with E-state index in [1.165, 1.54) is 10.9 Å². The van der Waals surface area contributed by atoms with Gasteiger partial charge in [-0.05, 0) is 38.1 Å². The molecule has 0 saturated heterocycles. The summed E-state index contributed by atoms with van der Waals surface area (Å²) in [5, 5.41) is 1.18. The third kappa shape index (κ3) is 1.67. The first-order valence-corrected chi connectivity index (χ1v) is 5.44. The van der Waals surface area contributed by atoms with Crippen LogP contribution in [0.3, 0.4) is 0 Å². The molecular formula is C13H18N2O. The zero-order chi connectivity index (χ0) is 11.8. The summed E-state index contributed by atoms with van der Waals surface area (Å²) < 4.78 is 7.42. The van der Waals surface area contributed by atoms with Gasteiger partial charge in [0.2, 0.25) is 0 Å². The van der Waals surface area contributed by atoms with Crippen LogP contribution in [0.2, 0.25) is 0 Å². The van der Waals surface area contributed by atoms with E-state index in [0.29, 0.717) is 6.54 Å². The van der Waals surface area contributed by atoms with Crippen molar-refractivity contribution < 1.29 is 4.74 Å². The quantitative estimate of drug-likeness (QED) is 0.859. The molecule has 1 heterocycles. The number of hydrogen-bond donors (Lipinski definition) is 1. The largest absolute Gasteiger partial charge is 0.497 e. The molecule has 16 heavy (non-hydrogen) atoms. The van der Waals surface area contributed by atoms with Crippen LogP contribution in [-0.4, -0.2) is 18.2 Å². The average Bonchev–Trinajstić information content (AvgIpc) is 2.72. The van der Waals surface area contributed by atoms with Crippen LogP contribution in [0.4, 0.5) is 0 Å². The number of methoxy groups -OCH3 is 1. The maximum atomic E-state index is 5.80. The van der Waals surface area contributed by atoms with E-state index >= 15 is 0 Å². The van der Waals surface area contributed by atoms with Gasteiger partial charge in [-0.3, -0.25) is 0 Å². The number of rotatable bonds is 3. The van der Waals surface area contributed by atoms with E-state index in [9.17, 15) is 0 Å². The number of fused-ring (bicyclic) bond motifs is 1. The standard InChI is InChI=1S/C13H18N2O/c1-13(2,9-14)15-7-6-10-8-11(16-3)4-5-12(10)15/h4-8H,9,14H2,1-3H3. The molecule has 2 aromatic rings. The summed E-state index contributed by atoms with van der Waals surface area (Å²) in [6, 6.07) is 8.19. The SMILES string of the molecule is COc1ccc2c(ccn2C(C)(C)CN)c1. The molecule has 2 rings (SSSR count). The molecule has 0 spiro atoms. The summed E-state index contributed by atoms with van der Waals surface area (Å²) in [4.78, 5) is 0. The van der Waals surface area contributed by atoms with E-state index in [-0.39, 0.29) is 5.54 Å². The maximum absolute atomic E-state index is 5.80. The Hall–Kier alpha value is -1.48. The topological polar surface area (TPSA) is 40.2 Å². The first-order valence-electron chi connectivity index (χ1n) is 5.44. The highest BCUT2D eigenvalue weighted by atomic mass is 16.5. The minimum absolute atomic E-state index is 0.0592. The van der Waals surface area contributed by atoms with Crippen LogP contribution >= 0.6 is 0 Å². The van der Waals surface area contributed by atoms with Gasteiger partial charge in [-0.1, -0.05) is 0 Å². The molecule has 3 nitrogen and oxygen atoms in total. The minimum atomic E-state index is -0.0592. The van der Waals surface area contributed by atoms with E-state index in [4.69, 9.17) is 10.5 Å².